The highest BCUT2D eigenvalue weighted by molar-refractivity contribution is 5.30. The molecule has 2 atom stereocenters. The number of halogens is 3. The molecule has 1 aromatic heterocycles. The van der Waals surface area contributed by atoms with Crippen molar-refractivity contribution in [3.63, 3.8) is 0 Å². The number of aliphatic hydroxyl groups is 2. The second-order valence-corrected chi connectivity index (χ2v) is 4.30. The van der Waals surface area contributed by atoms with Crippen LogP contribution in [0.5, 0.6) is 0 Å². The third kappa shape index (κ3) is 2.02. The highest BCUT2D eigenvalue weighted by Gasteiger charge is 2.56. The summed E-state index contributed by atoms with van der Waals surface area (Å²) in [5.41, 5.74) is -1.56. The number of pyridine rings is 1. The van der Waals surface area contributed by atoms with Crippen LogP contribution in [0.25, 0.3) is 0 Å². The van der Waals surface area contributed by atoms with E-state index < -0.39 is 17.3 Å². The first-order valence-corrected chi connectivity index (χ1v) is 5.20. The van der Waals surface area contributed by atoms with Gasteiger partial charge in [-0.2, -0.15) is 13.2 Å². The maximum absolute atomic E-state index is 12.5. The Morgan fingerprint density at radius 3 is 2.53 bits per heavy atom. The lowest BCUT2D eigenvalue weighted by molar-refractivity contribution is -0.141. The standard InChI is InChI=1S/C11H12F3NO2/c12-11(13,14)9-3-1-2-8(15-9)10(6-17)4-7(10)5-16/h1-3,7,16-17H,4-6H2. The molecule has 0 aromatic carbocycles. The van der Waals surface area contributed by atoms with Gasteiger partial charge in [0.2, 0.25) is 0 Å². The fraction of sp³-hybridized carbons (Fsp3) is 0.545. The van der Waals surface area contributed by atoms with Gasteiger partial charge < -0.3 is 10.2 Å². The van der Waals surface area contributed by atoms with E-state index in [0.717, 1.165) is 6.07 Å². The third-order valence-electron chi connectivity index (χ3n) is 3.28. The minimum Gasteiger partial charge on any atom is -0.396 e. The number of aliphatic hydroxyl groups excluding tert-OH is 2. The van der Waals surface area contributed by atoms with Gasteiger partial charge in [0.15, 0.2) is 0 Å². The fourth-order valence-corrected chi connectivity index (χ4v) is 2.08. The molecule has 0 radical (unpaired) electrons. The van der Waals surface area contributed by atoms with Crippen molar-refractivity contribution in [3.05, 3.63) is 29.6 Å². The lowest BCUT2D eigenvalue weighted by atomic mass is 9.99. The zero-order chi connectivity index (χ0) is 12.7. The first-order chi connectivity index (χ1) is 7.94. The second kappa shape index (κ2) is 3.96. The Morgan fingerprint density at radius 1 is 1.35 bits per heavy atom. The Bertz CT molecular complexity index is 421. The molecule has 0 saturated heterocycles. The van der Waals surface area contributed by atoms with Crippen molar-refractivity contribution in [3.8, 4) is 0 Å². The molecule has 0 amide bonds. The van der Waals surface area contributed by atoms with Crippen molar-refractivity contribution < 1.29 is 23.4 Å². The van der Waals surface area contributed by atoms with E-state index in [1.165, 1.54) is 12.1 Å². The van der Waals surface area contributed by atoms with Crippen LogP contribution < -0.4 is 0 Å². The Labute approximate surface area is 95.9 Å². The second-order valence-electron chi connectivity index (χ2n) is 4.30. The molecule has 1 heterocycles. The molecule has 1 fully saturated rings. The lowest BCUT2D eigenvalue weighted by Gasteiger charge is -2.15. The molecule has 1 aliphatic carbocycles. The van der Waals surface area contributed by atoms with Gasteiger partial charge in [0, 0.05) is 17.7 Å². The van der Waals surface area contributed by atoms with Crippen LogP contribution in [-0.2, 0) is 11.6 Å². The molecule has 2 N–H and O–H groups in total. The van der Waals surface area contributed by atoms with Crippen LogP contribution in [-0.4, -0.2) is 28.4 Å². The molecule has 17 heavy (non-hydrogen) atoms. The average Bonchev–Trinajstić information content (AvgIpc) is 3.03. The first-order valence-electron chi connectivity index (χ1n) is 5.20. The number of nitrogens with zero attached hydrogens (tertiary/aromatic N) is 1. The third-order valence-corrected chi connectivity index (χ3v) is 3.28. The topological polar surface area (TPSA) is 53.4 Å². The number of rotatable bonds is 3. The monoisotopic (exact) mass is 247 g/mol. The van der Waals surface area contributed by atoms with E-state index in [1.54, 1.807) is 0 Å². The van der Waals surface area contributed by atoms with Gasteiger partial charge in [-0.05, 0) is 24.5 Å². The molecule has 3 nitrogen and oxygen atoms in total. The molecule has 1 aliphatic rings. The van der Waals surface area contributed by atoms with Crippen LogP contribution in [0.4, 0.5) is 13.2 Å². The van der Waals surface area contributed by atoms with Crippen LogP contribution in [0, 0.1) is 5.92 Å². The number of hydrogen-bond acceptors (Lipinski definition) is 3. The van der Waals surface area contributed by atoms with E-state index in [0.29, 0.717) is 6.42 Å². The van der Waals surface area contributed by atoms with E-state index in [-0.39, 0.29) is 24.8 Å². The number of aromatic nitrogens is 1. The van der Waals surface area contributed by atoms with Gasteiger partial charge in [-0.25, -0.2) is 4.98 Å². The average molecular weight is 247 g/mol. The number of hydrogen-bond donors (Lipinski definition) is 2. The van der Waals surface area contributed by atoms with Gasteiger partial charge >= 0.3 is 6.18 Å². The summed E-state index contributed by atoms with van der Waals surface area (Å²) in [6, 6.07) is 3.63. The van der Waals surface area contributed by atoms with Crippen LogP contribution in [0.2, 0.25) is 0 Å². The molecule has 0 spiro atoms. The van der Waals surface area contributed by atoms with Crippen molar-refractivity contribution in [1.29, 1.82) is 0 Å². The summed E-state index contributed by atoms with van der Waals surface area (Å²) < 4.78 is 37.5. The Morgan fingerprint density at radius 2 is 2.06 bits per heavy atom. The molecule has 0 aliphatic heterocycles. The molecule has 1 aromatic rings. The predicted octanol–water partition coefficient (Wildman–Crippen LogP) is 1.34. The van der Waals surface area contributed by atoms with Crippen LogP contribution >= 0.6 is 0 Å². The van der Waals surface area contributed by atoms with E-state index in [4.69, 9.17) is 5.11 Å². The maximum Gasteiger partial charge on any atom is 0.433 e. The first kappa shape index (κ1) is 12.3. The van der Waals surface area contributed by atoms with Crippen molar-refractivity contribution in [2.75, 3.05) is 13.2 Å². The minimum absolute atomic E-state index is 0.154. The lowest BCUT2D eigenvalue weighted by Crippen LogP contribution is -2.20. The summed E-state index contributed by atoms with van der Waals surface area (Å²) in [6.07, 6.45) is -4.02. The Hall–Kier alpha value is -1.14. The molecule has 6 heteroatoms. The summed E-state index contributed by atoms with van der Waals surface area (Å²) >= 11 is 0. The highest BCUT2D eigenvalue weighted by atomic mass is 19.4. The minimum atomic E-state index is -4.49. The van der Waals surface area contributed by atoms with Gasteiger partial charge in [-0.1, -0.05) is 6.07 Å². The molecule has 1 saturated carbocycles. The Kier molecular flexibility index (Phi) is 2.87. The van der Waals surface area contributed by atoms with Crippen molar-refractivity contribution >= 4 is 0 Å². The molecule has 2 unspecified atom stereocenters. The number of alkyl halides is 3. The van der Waals surface area contributed by atoms with Crippen LogP contribution in [0.3, 0.4) is 0 Å². The summed E-state index contributed by atoms with van der Waals surface area (Å²) in [5, 5.41) is 18.3. The normalized spacial score (nSPS) is 28.2. The van der Waals surface area contributed by atoms with Crippen molar-refractivity contribution in [1.82, 2.24) is 4.98 Å². The van der Waals surface area contributed by atoms with Crippen molar-refractivity contribution in [2.45, 2.75) is 18.0 Å². The zero-order valence-electron chi connectivity index (χ0n) is 8.91. The fourth-order valence-electron chi connectivity index (χ4n) is 2.08. The largest absolute Gasteiger partial charge is 0.433 e. The Balaban J connectivity index is 2.34. The predicted molar refractivity (Wildman–Crippen MR) is 53.2 cm³/mol. The smallest absolute Gasteiger partial charge is 0.396 e. The van der Waals surface area contributed by atoms with Crippen LogP contribution in [0.15, 0.2) is 18.2 Å². The summed E-state index contributed by atoms with van der Waals surface area (Å²) in [4.78, 5) is 3.55. The van der Waals surface area contributed by atoms with Gasteiger partial charge in [0.05, 0.1) is 6.61 Å². The van der Waals surface area contributed by atoms with Crippen molar-refractivity contribution in [2.24, 2.45) is 5.92 Å². The SMILES string of the molecule is OCC1CC1(CO)c1cccc(C(F)(F)F)n1. The summed E-state index contributed by atoms with van der Waals surface area (Å²) in [6.45, 7) is -0.453. The van der Waals surface area contributed by atoms with E-state index in [2.05, 4.69) is 4.98 Å². The van der Waals surface area contributed by atoms with Gasteiger partial charge in [-0.3, -0.25) is 0 Å². The van der Waals surface area contributed by atoms with E-state index in [1.807, 2.05) is 0 Å². The quantitative estimate of drug-likeness (QED) is 0.847. The van der Waals surface area contributed by atoms with E-state index >= 15 is 0 Å². The molecular weight excluding hydrogens is 235 g/mol. The van der Waals surface area contributed by atoms with Gasteiger partial charge in [-0.15, -0.1) is 0 Å². The highest BCUT2D eigenvalue weighted by Crippen LogP contribution is 2.53. The summed E-state index contributed by atoms with van der Waals surface area (Å²) in [7, 11) is 0. The van der Waals surface area contributed by atoms with E-state index in [9.17, 15) is 18.3 Å². The zero-order valence-corrected chi connectivity index (χ0v) is 8.91. The van der Waals surface area contributed by atoms with Gasteiger partial charge in [0.1, 0.15) is 5.69 Å². The molecular formula is C11H12F3NO2. The molecule has 2 rings (SSSR count). The van der Waals surface area contributed by atoms with Crippen LogP contribution in [0.1, 0.15) is 17.8 Å². The van der Waals surface area contributed by atoms with Gasteiger partial charge in [0.25, 0.3) is 0 Å². The summed E-state index contributed by atoms with van der Waals surface area (Å²) in [5.74, 6) is -0.205. The molecule has 94 valence electrons. The molecule has 0 bridgehead atoms. The maximum atomic E-state index is 12.5.